The van der Waals surface area contributed by atoms with Crippen LogP contribution in [0.15, 0.2) is 60.7 Å². The number of aromatic nitrogens is 2. The van der Waals surface area contributed by atoms with E-state index >= 15 is 0 Å². The quantitative estimate of drug-likeness (QED) is 0.589. The SMILES string of the molecule is CC(=O)c1ccc(Nc2nc(-c3ccccc3)cc(N3CCCCCC3)n2)cc1. The second-order valence-corrected chi connectivity index (χ2v) is 7.46. The molecule has 0 aliphatic carbocycles. The number of carbonyl (C=O) groups excluding carboxylic acids is 1. The topological polar surface area (TPSA) is 58.1 Å². The number of nitrogens with zero attached hydrogens (tertiary/aromatic N) is 3. The van der Waals surface area contributed by atoms with Crippen LogP contribution in [0.4, 0.5) is 17.5 Å². The zero-order chi connectivity index (χ0) is 20.1. The molecule has 5 heteroatoms. The van der Waals surface area contributed by atoms with Crippen molar-refractivity contribution in [1.82, 2.24) is 9.97 Å². The molecule has 0 bridgehead atoms. The molecular weight excluding hydrogens is 360 g/mol. The van der Waals surface area contributed by atoms with Gasteiger partial charge in [0.2, 0.25) is 5.95 Å². The standard InChI is InChI=1S/C24H26N4O/c1-18(29)19-11-13-21(14-12-19)25-24-26-22(20-9-5-4-6-10-20)17-23(27-24)28-15-7-2-3-8-16-28/h4-6,9-14,17H,2-3,7-8,15-16H2,1H3,(H,25,26,27). The second kappa shape index (κ2) is 8.86. The van der Waals surface area contributed by atoms with Crippen LogP contribution in [0.3, 0.4) is 0 Å². The first-order valence-corrected chi connectivity index (χ1v) is 10.3. The molecule has 2 heterocycles. The number of hydrogen-bond acceptors (Lipinski definition) is 5. The van der Waals surface area contributed by atoms with Crippen molar-refractivity contribution in [3.63, 3.8) is 0 Å². The highest BCUT2D eigenvalue weighted by atomic mass is 16.1. The maximum atomic E-state index is 11.5. The lowest BCUT2D eigenvalue weighted by Crippen LogP contribution is -2.25. The molecule has 2 aromatic carbocycles. The zero-order valence-electron chi connectivity index (χ0n) is 16.8. The third-order valence-electron chi connectivity index (χ3n) is 5.26. The Labute approximate surface area is 171 Å². The molecule has 1 saturated heterocycles. The Morgan fingerprint density at radius 3 is 2.24 bits per heavy atom. The van der Waals surface area contributed by atoms with Crippen LogP contribution in [0.2, 0.25) is 0 Å². The fraction of sp³-hybridized carbons (Fsp3) is 0.292. The van der Waals surface area contributed by atoms with Crippen molar-refractivity contribution < 1.29 is 4.79 Å². The highest BCUT2D eigenvalue weighted by molar-refractivity contribution is 5.94. The van der Waals surface area contributed by atoms with Gasteiger partial charge >= 0.3 is 0 Å². The molecule has 148 valence electrons. The van der Waals surface area contributed by atoms with Crippen LogP contribution in [0, 0.1) is 0 Å². The first-order valence-electron chi connectivity index (χ1n) is 10.3. The predicted molar refractivity (Wildman–Crippen MR) is 118 cm³/mol. The number of nitrogens with one attached hydrogen (secondary N) is 1. The van der Waals surface area contributed by atoms with Crippen LogP contribution in [0.1, 0.15) is 43.0 Å². The minimum absolute atomic E-state index is 0.0577. The van der Waals surface area contributed by atoms with Gasteiger partial charge < -0.3 is 10.2 Å². The Kier molecular flexibility index (Phi) is 5.84. The van der Waals surface area contributed by atoms with E-state index in [0.717, 1.165) is 35.9 Å². The summed E-state index contributed by atoms with van der Waals surface area (Å²) in [6.45, 7) is 3.62. The first kappa shape index (κ1) is 19.1. The van der Waals surface area contributed by atoms with Crippen molar-refractivity contribution in [3.05, 3.63) is 66.2 Å². The number of hydrogen-bond donors (Lipinski definition) is 1. The van der Waals surface area contributed by atoms with Gasteiger partial charge in [-0.1, -0.05) is 43.2 Å². The lowest BCUT2D eigenvalue weighted by molar-refractivity contribution is 0.101. The minimum atomic E-state index is 0.0577. The van der Waals surface area contributed by atoms with Gasteiger partial charge in [-0.05, 0) is 44.0 Å². The van der Waals surface area contributed by atoms with E-state index in [1.165, 1.54) is 25.7 Å². The Bertz CT molecular complexity index is 962. The maximum Gasteiger partial charge on any atom is 0.229 e. The summed E-state index contributed by atoms with van der Waals surface area (Å²) >= 11 is 0. The lowest BCUT2D eigenvalue weighted by atomic mass is 10.1. The van der Waals surface area contributed by atoms with Gasteiger partial charge in [-0.25, -0.2) is 4.98 Å². The van der Waals surface area contributed by atoms with E-state index in [4.69, 9.17) is 9.97 Å². The first-order chi connectivity index (χ1) is 14.2. The summed E-state index contributed by atoms with van der Waals surface area (Å²) in [5.41, 5.74) is 3.53. The van der Waals surface area contributed by atoms with E-state index < -0.39 is 0 Å². The van der Waals surface area contributed by atoms with Crippen molar-refractivity contribution in [1.29, 1.82) is 0 Å². The number of ketones is 1. The summed E-state index contributed by atoms with van der Waals surface area (Å²) in [5, 5.41) is 3.32. The Morgan fingerprint density at radius 1 is 0.897 bits per heavy atom. The van der Waals surface area contributed by atoms with Crippen LogP contribution in [0.5, 0.6) is 0 Å². The molecule has 1 aliphatic rings. The fourth-order valence-electron chi connectivity index (χ4n) is 3.63. The van der Waals surface area contributed by atoms with Crippen LogP contribution in [-0.4, -0.2) is 28.8 Å². The summed E-state index contributed by atoms with van der Waals surface area (Å²) in [6, 6.07) is 19.7. The predicted octanol–water partition coefficient (Wildman–Crippen LogP) is 5.47. The number of Topliss-reactive ketones (excluding diaryl/α,β-unsaturated/α-hetero) is 1. The Balaban J connectivity index is 1.68. The average molecular weight is 386 g/mol. The molecular formula is C24H26N4O. The summed E-state index contributed by atoms with van der Waals surface area (Å²) in [7, 11) is 0. The summed E-state index contributed by atoms with van der Waals surface area (Å²) in [4.78, 5) is 23.5. The molecule has 3 aromatic rings. The van der Waals surface area contributed by atoms with E-state index in [2.05, 4.69) is 28.4 Å². The number of carbonyl (C=O) groups is 1. The minimum Gasteiger partial charge on any atom is -0.356 e. The van der Waals surface area contributed by atoms with Gasteiger partial charge in [0.05, 0.1) is 5.69 Å². The molecule has 5 nitrogen and oxygen atoms in total. The van der Waals surface area contributed by atoms with Gasteiger partial charge in [-0.15, -0.1) is 0 Å². The third kappa shape index (κ3) is 4.80. The van der Waals surface area contributed by atoms with Gasteiger partial charge in [-0.3, -0.25) is 4.79 Å². The molecule has 1 aliphatic heterocycles. The molecule has 29 heavy (non-hydrogen) atoms. The summed E-state index contributed by atoms with van der Waals surface area (Å²) in [5.74, 6) is 1.59. The molecule has 1 aromatic heterocycles. The third-order valence-corrected chi connectivity index (χ3v) is 5.26. The van der Waals surface area contributed by atoms with Gasteiger partial charge in [0.15, 0.2) is 5.78 Å². The molecule has 0 spiro atoms. The summed E-state index contributed by atoms with van der Waals surface area (Å²) in [6.07, 6.45) is 4.95. The van der Waals surface area contributed by atoms with E-state index in [1.54, 1.807) is 6.92 Å². The van der Waals surface area contributed by atoms with Gasteiger partial charge in [-0.2, -0.15) is 4.98 Å². The monoisotopic (exact) mass is 386 g/mol. The molecule has 0 radical (unpaired) electrons. The Morgan fingerprint density at radius 2 is 1.59 bits per heavy atom. The van der Waals surface area contributed by atoms with Crippen molar-refractivity contribution in [2.45, 2.75) is 32.6 Å². The summed E-state index contributed by atoms with van der Waals surface area (Å²) < 4.78 is 0. The van der Waals surface area contributed by atoms with Gasteiger partial charge in [0, 0.05) is 36.0 Å². The van der Waals surface area contributed by atoms with E-state index in [-0.39, 0.29) is 5.78 Å². The second-order valence-electron chi connectivity index (χ2n) is 7.46. The Hall–Kier alpha value is -3.21. The molecule has 1 fully saturated rings. The fourth-order valence-corrected chi connectivity index (χ4v) is 3.63. The molecule has 0 unspecified atom stereocenters. The molecule has 0 saturated carbocycles. The van der Waals surface area contributed by atoms with Crippen molar-refractivity contribution in [2.75, 3.05) is 23.3 Å². The zero-order valence-corrected chi connectivity index (χ0v) is 16.8. The highest BCUT2D eigenvalue weighted by Gasteiger charge is 2.15. The number of benzene rings is 2. The van der Waals surface area contributed by atoms with Crippen molar-refractivity contribution in [3.8, 4) is 11.3 Å². The molecule has 0 amide bonds. The molecule has 4 rings (SSSR count). The van der Waals surface area contributed by atoms with E-state index in [1.807, 2.05) is 42.5 Å². The smallest absolute Gasteiger partial charge is 0.229 e. The average Bonchev–Trinajstić information content (AvgIpc) is 3.04. The number of rotatable bonds is 5. The van der Waals surface area contributed by atoms with E-state index in [0.29, 0.717) is 11.5 Å². The van der Waals surface area contributed by atoms with E-state index in [9.17, 15) is 4.79 Å². The van der Waals surface area contributed by atoms with Crippen LogP contribution in [0.25, 0.3) is 11.3 Å². The van der Waals surface area contributed by atoms with Gasteiger partial charge in [0.25, 0.3) is 0 Å². The van der Waals surface area contributed by atoms with Gasteiger partial charge in [0.1, 0.15) is 5.82 Å². The maximum absolute atomic E-state index is 11.5. The van der Waals surface area contributed by atoms with Crippen molar-refractivity contribution in [2.24, 2.45) is 0 Å². The lowest BCUT2D eigenvalue weighted by Gasteiger charge is -2.22. The molecule has 0 atom stereocenters. The highest BCUT2D eigenvalue weighted by Crippen LogP contribution is 2.26. The largest absolute Gasteiger partial charge is 0.356 e. The molecule has 1 N–H and O–H groups in total. The van der Waals surface area contributed by atoms with Crippen LogP contribution in [-0.2, 0) is 0 Å². The number of anilines is 3. The van der Waals surface area contributed by atoms with Crippen LogP contribution >= 0.6 is 0 Å². The normalized spacial score (nSPS) is 14.3. The van der Waals surface area contributed by atoms with Crippen molar-refractivity contribution >= 4 is 23.2 Å². The van der Waals surface area contributed by atoms with Crippen LogP contribution < -0.4 is 10.2 Å².